The topological polar surface area (TPSA) is 32.3 Å². The number of benzene rings is 1. The molecule has 1 fully saturated rings. The predicted molar refractivity (Wildman–Crippen MR) is 72.7 cm³/mol. The molecule has 1 aliphatic heterocycles. The smallest absolute Gasteiger partial charge is 0.238 e. The maximum atomic E-state index is 11.7. The van der Waals surface area contributed by atoms with E-state index in [1.165, 1.54) is 18.4 Å². The van der Waals surface area contributed by atoms with Crippen molar-refractivity contribution >= 4 is 24.0 Å². The molecular weight excluding hydrogens is 236 g/mol. The Morgan fingerprint density at radius 1 is 1.24 bits per heavy atom. The van der Waals surface area contributed by atoms with Crippen molar-refractivity contribution in [3.8, 4) is 0 Å². The number of nitrogens with zero attached hydrogens (tertiary/aromatic N) is 1. The van der Waals surface area contributed by atoms with E-state index in [0.29, 0.717) is 6.54 Å². The van der Waals surface area contributed by atoms with E-state index in [1.807, 2.05) is 31.2 Å². The van der Waals surface area contributed by atoms with Crippen LogP contribution in [0.5, 0.6) is 0 Å². The van der Waals surface area contributed by atoms with Crippen molar-refractivity contribution in [2.75, 3.05) is 25.0 Å². The van der Waals surface area contributed by atoms with Crippen molar-refractivity contribution in [2.24, 2.45) is 0 Å². The number of aryl methyl sites for hydroxylation is 1. The van der Waals surface area contributed by atoms with Crippen LogP contribution >= 0.6 is 12.4 Å². The first-order valence-corrected chi connectivity index (χ1v) is 5.83. The lowest BCUT2D eigenvalue weighted by Gasteiger charge is -2.14. The summed E-state index contributed by atoms with van der Waals surface area (Å²) >= 11 is 0. The fourth-order valence-corrected chi connectivity index (χ4v) is 1.98. The van der Waals surface area contributed by atoms with Gasteiger partial charge in [0, 0.05) is 5.69 Å². The van der Waals surface area contributed by atoms with E-state index in [4.69, 9.17) is 0 Å². The van der Waals surface area contributed by atoms with E-state index < -0.39 is 0 Å². The van der Waals surface area contributed by atoms with Gasteiger partial charge in [-0.15, -0.1) is 12.4 Å². The number of nitrogens with one attached hydrogen (secondary N) is 1. The molecule has 4 heteroatoms. The highest BCUT2D eigenvalue weighted by Crippen LogP contribution is 2.10. The maximum absolute atomic E-state index is 11.7. The van der Waals surface area contributed by atoms with Crippen LogP contribution in [-0.2, 0) is 4.79 Å². The second kappa shape index (κ2) is 6.62. The number of rotatable bonds is 3. The third kappa shape index (κ3) is 4.36. The summed E-state index contributed by atoms with van der Waals surface area (Å²) in [7, 11) is 0. The summed E-state index contributed by atoms with van der Waals surface area (Å²) in [5.41, 5.74) is 2.09. The molecule has 0 aromatic heterocycles. The summed E-state index contributed by atoms with van der Waals surface area (Å²) in [6.07, 6.45) is 2.44. The van der Waals surface area contributed by atoms with Gasteiger partial charge in [0.25, 0.3) is 0 Å². The molecule has 0 atom stereocenters. The van der Waals surface area contributed by atoms with Crippen LogP contribution in [0.1, 0.15) is 18.4 Å². The van der Waals surface area contributed by atoms with E-state index in [0.717, 1.165) is 18.8 Å². The molecule has 1 aromatic carbocycles. The molecule has 1 aromatic rings. The average Bonchev–Trinajstić information content (AvgIpc) is 2.74. The second-order valence-electron chi connectivity index (χ2n) is 4.40. The average molecular weight is 255 g/mol. The highest BCUT2D eigenvalue weighted by Gasteiger charge is 2.14. The second-order valence-corrected chi connectivity index (χ2v) is 4.40. The number of anilines is 1. The van der Waals surface area contributed by atoms with E-state index in [1.54, 1.807) is 0 Å². The van der Waals surface area contributed by atoms with Gasteiger partial charge < -0.3 is 5.32 Å². The number of carbonyl (C=O) groups is 1. The van der Waals surface area contributed by atoms with Crippen LogP contribution < -0.4 is 5.32 Å². The minimum Gasteiger partial charge on any atom is -0.325 e. The minimum absolute atomic E-state index is 0. The molecule has 1 amide bonds. The van der Waals surface area contributed by atoms with Gasteiger partial charge in [-0.2, -0.15) is 0 Å². The lowest BCUT2D eigenvalue weighted by molar-refractivity contribution is -0.117. The number of halogens is 1. The summed E-state index contributed by atoms with van der Waals surface area (Å²) in [6, 6.07) is 7.89. The zero-order valence-electron chi connectivity index (χ0n) is 10.1. The van der Waals surface area contributed by atoms with Crippen molar-refractivity contribution in [1.29, 1.82) is 0 Å². The molecule has 0 spiro atoms. The Kier molecular flexibility index (Phi) is 5.45. The van der Waals surface area contributed by atoms with Crippen LogP contribution in [0, 0.1) is 6.92 Å². The minimum atomic E-state index is 0. The van der Waals surface area contributed by atoms with Crippen LogP contribution in [0.2, 0.25) is 0 Å². The van der Waals surface area contributed by atoms with Gasteiger partial charge in [0.15, 0.2) is 0 Å². The van der Waals surface area contributed by atoms with E-state index in [2.05, 4.69) is 10.2 Å². The third-order valence-electron chi connectivity index (χ3n) is 2.90. The molecule has 1 saturated heterocycles. The van der Waals surface area contributed by atoms with Crippen molar-refractivity contribution in [3.05, 3.63) is 29.8 Å². The van der Waals surface area contributed by atoms with Gasteiger partial charge in [0.1, 0.15) is 0 Å². The van der Waals surface area contributed by atoms with Crippen LogP contribution in [0.15, 0.2) is 24.3 Å². The third-order valence-corrected chi connectivity index (χ3v) is 2.90. The van der Waals surface area contributed by atoms with Gasteiger partial charge in [-0.1, -0.05) is 17.7 Å². The van der Waals surface area contributed by atoms with Crippen LogP contribution in [0.4, 0.5) is 5.69 Å². The zero-order chi connectivity index (χ0) is 11.4. The largest absolute Gasteiger partial charge is 0.325 e. The first-order valence-electron chi connectivity index (χ1n) is 5.83. The summed E-state index contributed by atoms with van der Waals surface area (Å²) in [5.74, 6) is 0.0887. The Morgan fingerprint density at radius 2 is 1.82 bits per heavy atom. The molecule has 1 N–H and O–H groups in total. The normalized spacial score (nSPS) is 15.4. The number of hydrogen-bond donors (Lipinski definition) is 1. The number of amides is 1. The Bertz CT molecular complexity index is 358. The van der Waals surface area contributed by atoms with Gasteiger partial charge in [0.05, 0.1) is 6.54 Å². The van der Waals surface area contributed by atoms with E-state index in [-0.39, 0.29) is 18.3 Å². The lowest BCUT2D eigenvalue weighted by Crippen LogP contribution is -2.30. The van der Waals surface area contributed by atoms with Gasteiger partial charge in [-0.3, -0.25) is 9.69 Å². The Labute approximate surface area is 109 Å². The first-order chi connectivity index (χ1) is 7.74. The Balaban J connectivity index is 0.00000144. The van der Waals surface area contributed by atoms with Gasteiger partial charge in [-0.05, 0) is 45.0 Å². The molecule has 0 saturated carbocycles. The van der Waals surface area contributed by atoms with Crippen molar-refractivity contribution in [3.63, 3.8) is 0 Å². The molecule has 0 aliphatic carbocycles. The Morgan fingerprint density at radius 3 is 2.41 bits per heavy atom. The lowest BCUT2D eigenvalue weighted by atomic mass is 10.2. The number of hydrogen-bond acceptors (Lipinski definition) is 2. The highest BCUT2D eigenvalue weighted by molar-refractivity contribution is 5.92. The molecule has 3 nitrogen and oxygen atoms in total. The monoisotopic (exact) mass is 254 g/mol. The van der Waals surface area contributed by atoms with Crippen LogP contribution in [-0.4, -0.2) is 30.4 Å². The van der Waals surface area contributed by atoms with Crippen LogP contribution in [0.25, 0.3) is 0 Å². The molecule has 2 rings (SSSR count). The van der Waals surface area contributed by atoms with E-state index in [9.17, 15) is 4.79 Å². The molecule has 0 bridgehead atoms. The molecule has 17 heavy (non-hydrogen) atoms. The summed E-state index contributed by atoms with van der Waals surface area (Å²) in [6.45, 7) is 4.67. The van der Waals surface area contributed by atoms with Crippen molar-refractivity contribution < 1.29 is 4.79 Å². The van der Waals surface area contributed by atoms with Gasteiger partial charge >= 0.3 is 0 Å². The Hall–Kier alpha value is -1.06. The molecular formula is C13H19ClN2O. The standard InChI is InChI=1S/C13H18N2O.ClH/c1-11-4-6-12(7-5-11)14-13(16)10-15-8-2-3-9-15;/h4-7H,2-3,8-10H2,1H3,(H,14,16);1H. The molecule has 1 aliphatic rings. The number of carbonyl (C=O) groups excluding carboxylic acids is 1. The van der Waals surface area contributed by atoms with Crippen molar-refractivity contribution in [2.45, 2.75) is 19.8 Å². The summed E-state index contributed by atoms with van der Waals surface area (Å²) in [4.78, 5) is 13.9. The molecule has 0 radical (unpaired) electrons. The SMILES string of the molecule is Cc1ccc(NC(=O)CN2CCCC2)cc1.Cl. The number of likely N-dealkylation sites (tertiary alicyclic amines) is 1. The fraction of sp³-hybridized carbons (Fsp3) is 0.462. The first kappa shape index (κ1) is 14.0. The maximum Gasteiger partial charge on any atom is 0.238 e. The highest BCUT2D eigenvalue weighted by atomic mass is 35.5. The molecule has 1 heterocycles. The van der Waals surface area contributed by atoms with Crippen LogP contribution in [0.3, 0.4) is 0 Å². The summed E-state index contributed by atoms with van der Waals surface area (Å²) in [5, 5.41) is 2.92. The van der Waals surface area contributed by atoms with E-state index >= 15 is 0 Å². The molecule has 94 valence electrons. The quantitative estimate of drug-likeness (QED) is 0.899. The molecule has 0 unspecified atom stereocenters. The predicted octanol–water partition coefficient (Wildman–Crippen LogP) is 2.45. The zero-order valence-corrected chi connectivity index (χ0v) is 10.9. The van der Waals surface area contributed by atoms with Crippen molar-refractivity contribution in [1.82, 2.24) is 4.90 Å². The fourth-order valence-electron chi connectivity index (χ4n) is 1.98. The van der Waals surface area contributed by atoms with Gasteiger partial charge in [-0.25, -0.2) is 0 Å². The van der Waals surface area contributed by atoms with Gasteiger partial charge in [0.2, 0.25) is 5.91 Å². The summed E-state index contributed by atoms with van der Waals surface area (Å²) < 4.78 is 0.